The molecular weight excluding hydrogens is 370 g/mol. The van der Waals surface area contributed by atoms with Crippen LogP contribution >= 0.6 is 0 Å². The molecule has 1 aliphatic rings. The zero-order valence-corrected chi connectivity index (χ0v) is 19.0. The summed E-state index contributed by atoms with van der Waals surface area (Å²) >= 11 is 0. The van der Waals surface area contributed by atoms with Crippen LogP contribution in [0.15, 0.2) is 43.0 Å². The molecule has 1 fully saturated rings. The molecule has 0 bridgehead atoms. The number of nitrogens with zero attached hydrogens (tertiary/aromatic N) is 1. The van der Waals surface area contributed by atoms with Crippen molar-refractivity contribution in [2.24, 2.45) is 0 Å². The van der Waals surface area contributed by atoms with Crippen LogP contribution in [0, 0.1) is 6.92 Å². The number of nitrogens with one attached hydrogen (secondary N) is 2. The first-order valence-corrected chi connectivity index (χ1v) is 11.2. The number of hydrogen-bond donors (Lipinski definition) is 3. The average Bonchev–Trinajstić information content (AvgIpc) is 2.74. The molecule has 2 aromatic carbocycles. The van der Waals surface area contributed by atoms with Crippen LogP contribution < -0.4 is 10.6 Å². The van der Waals surface area contributed by atoms with Gasteiger partial charge < -0.3 is 20.6 Å². The number of phenolic OH excluding ortho intramolecular Hbond substituents is 1. The van der Waals surface area contributed by atoms with Crippen molar-refractivity contribution in [1.82, 2.24) is 10.2 Å². The molecular formula is C26H37N3O. The molecule has 0 aliphatic carbocycles. The first kappa shape index (κ1) is 22.2. The summed E-state index contributed by atoms with van der Waals surface area (Å²) in [6.07, 6.45) is 2.33. The Kier molecular flexibility index (Phi) is 7.43. The van der Waals surface area contributed by atoms with E-state index in [0.29, 0.717) is 11.8 Å². The SMILES string of the molecule is C=C(c1ccc(O)c(C(C)C)c1)N(CC)Cc1cc(NC2CCNCC2)ccc1C. The number of phenols is 1. The van der Waals surface area contributed by atoms with Gasteiger partial charge in [0.1, 0.15) is 5.75 Å². The molecule has 2 aromatic rings. The van der Waals surface area contributed by atoms with Crippen molar-refractivity contribution < 1.29 is 5.11 Å². The summed E-state index contributed by atoms with van der Waals surface area (Å²) in [5, 5.41) is 17.3. The van der Waals surface area contributed by atoms with Crippen LogP contribution in [0.2, 0.25) is 0 Å². The molecule has 0 atom stereocenters. The minimum absolute atomic E-state index is 0.271. The van der Waals surface area contributed by atoms with Gasteiger partial charge in [0, 0.05) is 30.5 Å². The van der Waals surface area contributed by atoms with E-state index >= 15 is 0 Å². The molecule has 3 rings (SSSR count). The Morgan fingerprint density at radius 3 is 2.60 bits per heavy atom. The van der Waals surface area contributed by atoms with E-state index in [-0.39, 0.29) is 5.92 Å². The van der Waals surface area contributed by atoms with Crippen molar-refractivity contribution in [2.75, 3.05) is 25.0 Å². The lowest BCUT2D eigenvalue weighted by Crippen LogP contribution is -2.35. The van der Waals surface area contributed by atoms with Crippen molar-refractivity contribution in [2.45, 2.75) is 59.0 Å². The molecule has 0 unspecified atom stereocenters. The number of rotatable bonds is 8. The van der Waals surface area contributed by atoms with Crippen molar-refractivity contribution >= 4 is 11.4 Å². The molecule has 0 amide bonds. The third-order valence-corrected chi connectivity index (χ3v) is 6.17. The summed E-state index contributed by atoms with van der Waals surface area (Å²) in [7, 11) is 0. The van der Waals surface area contributed by atoms with Gasteiger partial charge in [0.25, 0.3) is 0 Å². The minimum atomic E-state index is 0.271. The molecule has 4 heteroatoms. The van der Waals surface area contributed by atoms with E-state index in [2.05, 4.69) is 74.1 Å². The number of hydrogen-bond acceptors (Lipinski definition) is 4. The Morgan fingerprint density at radius 1 is 1.20 bits per heavy atom. The zero-order valence-electron chi connectivity index (χ0n) is 19.0. The zero-order chi connectivity index (χ0) is 21.7. The molecule has 0 aromatic heterocycles. The molecule has 1 heterocycles. The molecule has 162 valence electrons. The Labute approximate surface area is 182 Å². The normalized spacial score (nSPS) is 14.7. The van der Waals surface area contributed by atoms with Crippen LogP contribution in [-0.2, 0) is 6.54 Å². The van der Waals surface area contributed by atoms with Gasteiger partial charge in [-0.1, -0.05) is 26.5 Å². The smallest absolute Gasteiger partial charge is 0.119 e. The second-order valence-corrected chi connectivity index (χ2v) is 8.70. The summed E-state index contributed by atoms with van der Waals surface area (Å²) in [5.41, 5.74) is 6.85. The summed E-state index contributed by atoms with van der Waals surface area (Å²) in [5.74, 6) is 0.630. The van der Waals surface area contributed by atoms with Crippen LogP contribution in [0.25, 0.3) is 5.70 Å². The maximum Gasteiger partial charge on any atom is 0.119 e. The van der Waals surface area contributed by atoms with Crippen LogP contribution in [0.1, 0.15) is 61.8 Å². The van der Waals surface area contributed by atoms with Crippen LogP contribution in [0.5, 0.6) is 5.75 Å². The van der Waals surface area contributed by atoms with Gasteiger partial charge in [-0.15, -0.1) is 0 Å². The lowest BCUT2D eigenvalue weighted by Gasteiger charge is -2.28. The van der Waals surface area contributed by atoms with E-state index in [1.54, 1.807) is 6.07 Å². The number of benzene rings is 2. The minimum Gasteiger partial charge on any atom is -0.508 e. The van der Waals surface area contributed by atoms with E-state index in [9.17, 15) is 5.11 Å². The Balaban J connectivity index is 1.77. The number of anilines is 1. The summed E-state index contributed by atoms with van der Waals surface area (Å²) in [6.45, 7) is 16.8. The highest BCUT2D eigenvalue weighted by atomic mass is 16.3. The molecule has 1 saturated heterocycles. The third kappa shape index (κ3) is 5.37. The number of piperidine rings is 1. The predicted molar refractivity (Wildman–Crippen MR) is 128 cm³/mol. The maximum atomic E-state index is 10.2. The molecule has 0 radical (unpaired) electrons. The molecule has 4 nitrogen and oxygen atoms in total. The fourth-order valence-electron chi connectivity index (χ4n) is 4.12. The fourth-order valence-corrected chi connectivity index (χ4v) is 4.12. The fraction of sp³-hybridized carbons (Fsp3) is 0.462. The third-order valence-electron chi connectivity index (χ3n) is 6.17. The second kappa shape index (κ2) is 10.0. The number of aromatic hydroxyl groups is 1. The Hall–Kier alpha value is -2.46. The van der Waals surface area contributed by atoms with E-state index in [4.69, 9.17) is 0 Å². The predicted octanol–water partition coefficient (Wildman–Crippen LogP) is 5.48. The largest absolute Gasteiger partial charge is 0.508 e. The summed E-state index contributed by atoms with van der Waals surface area (Å²) in [6, 6.07) is 13.1. The van der Waals surface area contributed by atoms with Crippen molar-refractivity contribution in [1.29, 1.82) is 0 Å². The quantitative estimate of drug-likeness (QED) is 0.542. The lowest BCUT2D eigenvalue weighted by molar-refractivity contribution is 0.412. The number of aryl methyl sites for hydroxylation is 1. The van der Waals surface area contributed by atoms with Gasteiger partial charge in [-0.2, -0.15) is 0 Å². The van der Waals surface area contributed by atoms with Crippen molar-refractivity contribution in [3.8, 4) is 5.75 Å². The molecule has 30 heavy (non-hydrogen) atoms. The van der Waals surface area contributed by atoms with Gasteiger partial charge in [0.2, 0.25) is 0 Å². The van der Waals surface area contributed by atoms with Gasteiger partial charge in [0.15, 0.2) is 0 Å². The highest BCUT2D eigenvalue weighted by Crippen LogP contribution is 2.30. The van der Waals surface area contributed by atoms with Crippen molar-refractivity contribution in [3.63, 3.8) is 0 Å². The highest BCUT2D eigenvalue weighted by Gasteiger charge is 2.16. The maximum absolute atomic E-state index is 10.2. The van der Waals surface area contributed by atoms with Gasteiger partial charge in [-0.05, 0) is 98.3 Å². The van der Waals surface area contributed by atoms with Crippen LogP contribution in [-0.4, -0.2) is 35.7 Å². The van der Waals surface area contributed by atoms with E-state index in [1.807, 2.05) is 6.07 Å². The first-order valence-electron chi connectivity index (χ1n) is 11.2. The van der Waals surface area contributed by atoms with Gasteiger partial charge in [-0.25, -0.2) is 0 Å². The standard InChI is InChI=1S/C26H37N3O/c1-6-29(20(5)21-8-10-26(30)25(16-21)18(2)3)17-22-15-24(9-7-19(22)4)28-23-11-13-27-14-12-23/h7-10,15-16,18,23,27-28,30H,5-6,11-14,17H2,1-4H3. The summed E-state index contributed by atoms with van der Waals surface area (Å²) in [4.78, 5) is 2.31. The highest BCUT2D eigenvalue weighted by molar-refractivity contribution is 5.64. The molecule has 0 spiro atoms. The lowest BCUT2D eigenvalue weighted by atomic mass is 9.98. The van der Waals surface area contributed by atoms with Gasteiger partial charge >= 0.3 is 0 Å². The van der Waals surface area contributed by atoms with E-state index in [1.165, 1.54) is 29.7 Å². The van der Waals surface area contributed by atoms with Crippen molar-refractivity contribution in [3.05, 3.63) is 65.2 Å². The Morgan fingerprint density at radius 2 is 1.93 bits per heavy atom. The Bertz CT molecular complexity index is 869. The monoisotopic (exact) mass is 407 g/mol. The molecule has 3 N–H and O–H groups in total. The van der Waals surface area contributed by atoms with E-state index in [0.717, 1.165) is 43.0 Å². The molecule has 1 aliphatic heterocycles. The summed E-state index contributed by atoms with van der Waals surface area (Å²) < 4.78 is 0. The van der Waals surface area contributed by atoms with Crippen LogP contribution in [0.4, 0.5) is 5.69 Å². The van der Waals surface area contributed by atoms with Crippen LogP contribution in [0.3, 0.4) is 0 Å². The van der Waals surface area contributed by atoms with Gasteiger partial charge in [0.05, 0.1) is 0 Å². The average molecular weight is 408 g/mol. The van der Waals surface area contributed by atoms with E-state index < -0.39 is 0 Å². The topological polar surface area (TPSA) is 47.5 Å². The second-order valence-electron chi connectivity index (χ2n) is 8.70. The molecule has 0 saturated carbocycles. The first-order chi connectivity index (χ1) is 14.4. The van der Waals surface area contributed by atoms with Gasteiger partial charge in [-0.3, -0.25) is 0 Å².